The summed E-state index contributed by atoms with van der Waals surface area (Å²) >= 11 is 0. The Morgan fingerprint density at radius 2 is 2.43 bits per heavy atom. The summed E-state index contributed by atoms with van der Waals surface area (Å²) in [6, 6.07) is 0. The number of hydrogen-bond donors (Lipinski definition) is 1. The molecule has 2 heteroatoms. The van der Waals surface area contributed by atoms with Crippen LogP contribution in [0.2, 0.25) is 0 Å². The lowest BCUT2D eigenvalue weighted by molar-refractivity contribution is -0.107. The highest BCUT2D eigenvalue weighted by molar-refractivity contribution is 5.52. The van der Waals surface area contributed by atoms with Gasteiger partial charge in [-0.25, -0.2) is 0 Å². The number of rotatable bonds is 3. The average Bonchev–Trinajstić information content (AvgIpc) is 1.69. The Balaban J connectivity index is 2.82. The van der Waals surface area contributed by atoms with Crippen molar-refractivity contribution >= 4 is 6.29 Å². The highest BCUT2D eigenvalue weighted by Gasteiger charge is 1.67. The van der Waals surface area contributed by atoms with Crippen LogP contribution in [-0.2, 0) is 4.79 Å². The number of allylic oxidation sites excluding steroid dienone is 1. The maximum atomic E-state index is 9.58. The van der Waals surface area contributed by atoms with Crippen LogP contribution in [0, 0.1) is 0 Å². The topological polar surface area (TPSA) is 29.1 Å². The van der Waals surface area contributed by atoms with Gasteiger partial charge in [0, 0.05) is 0 Å². The molecule has 0 aliphatic carbocycles. The van der Waals surface area contributed by atoms with E-state index in [1.807, 2.05) is 13.0 Å². The Morgan fingerprint density at radius 3 is 2.86 bits per heavy atom. The first-order chi connectivity index (χ1) is 3.41. The molecule has 0 amide bonds. The van der Waals surface area contributed by atoms with E-state index < -0.39 is 0 Å². The molecule has 2 nitrogen and oxygen atoms in total. The number of nitrogens with one attached hydrogen (secondary N) is 1. The van der Waals surface area contributed by atoms with Gasteiger partial charge >= 0.3 is 0 Å². The summed E-state index contributed by atoms with van der Waals surface area (Å²) in [6.45, 7) is 2.29. The van der Waals surface area contributed by atoms with E-state index in [0.29, 0.717) is 6.54 Å². The largest absolute Gasteiger partial charge is 0.384 e. The molecular formula is C5H9NO. The van der Waals surface area contributed by atoms with Crippen molar-refractivity contribution in [3.05, 3.63) is 12.3 Å². The molecule has 0 saturated heterocycles. The van der Waals surface area contributed by atoms with Gasteiger partial charge in [0.15, 0.2) is 0 Å². The average molecular weight is 99.1 g/mol. The Labute approximate surface area is 43.2 Å². The minimum atomic E-state index is 0.407. The molecule has 0 radical (unpaired) electrons. The van der Waals surface area contributed by atoms with Crippen LogP contribution in [0.5, 0.6) is 0 Å². The van der Waals surface area contributed by atoms with Gasteiger partial charge in [0.2, 0.25) is 0 Å². The van der Waals surface area contributed by atoms with Crippen molar-refractivity contribution in [2.24, 2.45) is 0 Å². The fraction of sp³-hybridized carbons (Fsp3) is 0.400. The predicted molar refractivity (Wildman–Crippen MR) is 28.9 cm³/mol. The molecule has 0 aliphatic rings. The van der Waals surface area contributed by atoms with Crippen molar-refractivity contribution < 1.29 is 4.79 Å². The lowest BCUT2D eigenvalue weighted by atomic mass is 10.6. The van der Waals surface area contributed by atoms with Gasteiger partial charge in [-0.2, -0.15) is 0 Å². The van der Waals surface area contributed by atoms with Gasteiger partial charge < -0.3 is 10.1 Å². The zero-order chi connectivity index (χ0) is 5.54. The van der Waals surface area contributed by atoms with Crippen molar-refractivity contribution in [1.82, 2.24) is 5.32 Å². The Bertz CT molecular complexity index is 68.5. The number of aldehydes is 1. The van der Waals surface area contributed by atoms with Crippen molar-refractivity contribution in [2.75, 3.05) is 6.54 Å². The molecule has 0 rings (SSSR count). The molecule has 0 fully saturated rings. The molecule has 0 bridgehead atoms. The van der Waals surface area contributed by atoms with Crippen LogP contribution in [0.4, 0.5) is 0 Å². The van der Waals surface area contributed by atoms with E-state index in [2.05, 4.69) is 5.32 Å². The molecule has 0 aromatic carbocycles. The van der Waals surface area contributed by atoms with Gasteiger partial charge in [-0.1, -0.05) is 6.08 Å². The van der Waals surface area contributed by atoms with Gasteiger partial charge in [-0.15, -0.1) is 0 Å². The maximum Gasteiger partial charge on any atom is 0.139 e. The molecule has 0 aromatic rings. The summed E-state index contributed by atoms with van der Waals surface area (Å²) in [4.78, 5) is 9.58. The first kappa shape index (κ1) is 6.21. The van der Waals surface area contributed by atoms with Crippen LogP contribution < -0.4 is 5.32 Å². The Hall–Kier alpha value is -0.790. The van der Waals surface area contributed by atoms with Crippen LogP contribution in [-0.4, -0.2) is 12.8 Å². The second kappa shape index (κ2) is 5.21. The second-order valence-electron chi connectivity index (χ2n) is 1.07. The number of carbonyl (C=O) groups is 1. The molecular weight excluding hydrogens is 90.1 g/mol. The fourth-order valence-corrected chi connectivity index (χ4v) is 0.234. The lowest BCUT2D eigenvalue weighted by Gasteiger charge is -1.85. The van der Waals surface area contributed by atoms with Crippen LogP contribution in [0.1, 0.15) is 6.92 Å². The first-order valence-electron chi connectivity index (χ1n) is 2.20. The SMILES string of the molecule is C/C=C\NCC=O. The van der Waals surface area contributed by atoms with E-state index in [0.717, 1.165) is 6.29 Å². The monoisotopic (exact) mass is 99.1 g/mol. The van der Waals surface area contributed by atoms with Crippen molar-refractivity contribution in [1.29, 1.82) is 0 Å². The molecule has 0 aromatic heterocycles. The van der Waals surface area contributed by atoms with Crippen LogP contribution in [0.25, 0.3) is 0 Å². The van der Waals surface area contributed by atoms with Crippen LogP contribution in [0.15, 0.2) is 12.3 Å². The molecule has 0 unspecified atom stereocenters. The number of carbonyl (C=O) groups excluding carboxylic acids is 1. The summed E-state index contributed by atoms with van der Waals surface area (Å²) in [5, 5.41) is 2.74. The first-order valence-corrected chi connectivity index (χ1v) is 2.20. The quantitative estimate of drug-likeness (QED) is 0.407. The minimum Gasteiger partial charge on any atom is -0.384 e. The molecule has 0 atom stereocenters. The summed E-state index contributed by atoms with van der Waals surface area (Å²) in [5.74, 6) is 0. The molecule has 0 spiro atoms. The zero-order valence-corrected chi connectivity index (χ0v) is 4.35. The van der Waals surface area contributed by atoms with E-state index in [-0.39, 0.29) is 0 Å². The highest BCUT2D eigenvalue weighted by Crippen LogP contribution is 1.57. The highest BCUT2D eigenvalue weighted by atomic mass is 16.1. The van der Waals surface area contributed by atoms with Gasteiger partial charge in [-0.3, -0.25) is 0 Å². The maximum absolute atomic E-state index is 9.58. The lowest BCUT2D eigenvalue weighted by Crippen LogP contribution is -2.06. The van der Waals surface area contributed by atoms with Gasteiger partial charge in [0.25, 0.3) is 0 Å². The van der Waals surface area contributed by atoms with E-state index >= 15 is 0 Å². The Kier molecular flexibility index (Phi) is 4.62. The van der Waals surface area contributed by atoms with Crippen LogP contribution >= 0.6 is 0 Å². The normalized spacial score (nSPS) is 9.29. The van der Waals surface area contributed by atoms with Crippen molar-refractivity contribution in [3.63, 3.8) is 0 Å². The summed E-state index contributed by atoms with van der Waals surface area (Å²) in [6.07, 6.45) is 4.39. The second-order valence-corrected chi connectivity index (χ2v) is 1.07. The molecule has 7 heavy (non-hydrogen) atoms. The molecule has 0 aliphatic heterocycles. The van der Waals surface area contributed by atoms with Crippen molar-refractivity contribution in [3.8, 4) is 0 Å². The van der Waals surface area contributed by atoms with Crippen LogP contribution in [0.3, 0.4) is 0 Å². The van der Waals surface area contributed by atoms with Gasteiger partial charge in [0.05, 0.1) is 6.54 Å². The molecule has 40 valence electrons. The third-order valence-corrected chi connectivity index (χ3v) is 0.486. The summed E-state index contributed by atoms with van der Waals surface area (Å²) in [7, 11) is 0. The van der Waals surface area contributed by atoms with Crippen molar-refractivity contribution in [2.45, 2.75) is 6.92 Å². The molecule has 0 saturated carbocycles. The third-order valence-electron chi connectivity index (χ3n) is 0.486. The smallest absolute Gasteiger partial charge is 0.139 e. The van der Waals surface area contributed by atoms with Gasteiger partial charge in [0.1, 0.15) is 6.29 Å². The minimum absolute atomic E-state index is 0.407. The molecule has 0 heterocycles. The zero-order valence-electron chi connectivity index (χ0n) is 4.35. The van der Waals surface area contributed by atoms with E-state index in [1.54, 1.807) is 6.20 Å². The Morgan fingerprint density at radius 1 is 1.71 bits per heavy atom. The number of hydrogen-bond acceptors (Lipinski definition) is 2. The van der Waals surface area contributed by atoms with E-state index in [1.165, 1.54) is 0 Å². The standard InChI is InChI=1S/C5H9NO/c1-2-3-6-4-5-7/h2-3,5-6H,4H2,1H3/b3-2-. The molecule has 1 N–H and O–H groups in total. The predicted octanol–water partition coefficient (Wildman–Crippen LogP) is 0.309. The fourth-order valence-electron chi connectivity index (χ4n) is 0.234. The third kappa shape index (κ3) is 5.21. The van der Waals surface area contributed by atoms with Gasteiger partial charge in [-0.05, 0) is 13.1 Å². The van der Waals surface area contributed by atoms with E-state index in [4.69, 9.17) is 0 Å². The summed E-state index contributed by atoms with van der Waals surface area (Å²) < 4.78 is 0. The van der Waals surface area contributed by atoms with E-state index in [9.17, 15) is 4.79 Å². The summed E-state index contributed by atoms with van der Waals surface area (Å²) in [5.41, 5.74) is 0.